The lowest BCUT2D eigenvalue weighted by Gasteiger charge is -2.32. The maximum Gasteiger partial charge on any atom is 0.242 e. The molecule has 0 atom stereocenters. The summed E-state index contributed by atoms with van der Waals surface area (Å²) in [6, 6.07) is 15.1. The zero-order valence-electron chi connectivity index (χ0n) is 16.4. The van der Waals surface area contributed by atoms with Crippen LogP contribution in [0.2, 0.25) is 0 Å². The van der Waals surface area contributed by atoms with Crippen LogP contribution in [0.1, 0.15) is 19.3 Å². The van der Waals surface area contributed by atoms with E-state index in [9.17, 15) is 9.59 Å². The van der Waals surface area contributed by atoms with Crippen LogP contribution >= 0.6 is 0 Å². The Bertz CT molecular complexity index is 989. The molecule has 1 aliphatic heterocycles. The molecule has 0 unspecified atom stereocenters. The maximum absolute atomic E-state index is 13.1. The van der Waals surface area contributed by atoms with Crippen molar-refractivity contribution in [2.75, 3.05) is 26.7 Å². The van der Waals surface area contributed by atoms with Gasteiger partial charge in [-0.25, -0.2) is 0 Å². The van der Waals surface area contributed by atoms with E-state index < -0.39 is 0 Å². The molecule has 5 heteroatoms. The smallest absolute Gasteiger partial charge is 0.242 e. The van der Waals surface area contributed by atoms with Crippen molar-refractivity contribution in [2.45, 2.75) is 25.8 Å². The van der Waals surface area contributed by atoms with Gasteiger partial charge in [-0.2, -0.15) is 0 Å². The van der Waals surface area contributed by atoms with Crippen LogP contribution in [0.3, 0.4) is 0 Å². The number of nitrogens with zero attached hydrogens (tertiary/aromatic N) is 2. The lowest BCUT2D eigenvalue weighted by Crippen LogP contribution is -2.40. The molecule has 0 bridgehead atoms. The number of likely N-dealkylation sites (tertiary alicyclic amines) is 1. The highest BCUT2D eigenvalue weighted by Gasteiger charge is 2.23. The third kappa shape index (κ3) is 3.54. The quantitative estimate of drug-likeness (QED) is 0.696. The molecule has 1 N–H and O–H groups in total. The van der Waals surface area contributed by atoms with E-state index in [1.54, 1.807) is 0 Å². The molecule has 2 heterocycles. The molecule has 4 rings (SSSR count). The summed E-state index contributed by atoms with van der Waals surface area (Å²) in [6.07, 6.45) is 3.31. The van der Waals surface area contributed by atoms with E-state index in [-0.39, 0.29) is 17.9 Å². The molecule has 1 fully saturated rings. The van der Waals surface area contributed by atoms with E-state index in [0.29, 0.717) is 16.7 Å². The molecule has 28 heavy (non-hydrogen) atoms. The minimum Gasteiger partial charge on any atom is -0.341 e. The Labute approximate surface area is 165 Å². The van der Waals surface area contributed by atoms with Crippen LogP contribution in [0.5, 0.6) is 0 Å². The monoisotopic (exact) mass is 377 g/mol. The number of aromatic nitrogens is 1. The summed E-state index contributed by atoms with van der Waals surface area (Å²) in [4.78, 5) is 27.9. The van der Waals surface area contributed by atoms with E-state index in [1.807, 2.05) is 65.0 Å². The van der Waals surface area contributed by atoms with Crippen molar-refractivity contribution in [3.05, 3.63) is 58.8 Å². The Morgan fingerprint density at radius 1 is 1.00 bits per heavy atom. The van der Waals surface area contributed by atoms with Gasteiger partial charge in [0.1, 0.15) is 6.54 Å². The summed E-state index contributed by atoms with van der Waals surface area (Å²) in [5.74, 6) is 0.830. The second-order valence-electron chi connectivity index (χ2n) is 7.67. The van der Waals surface area contributed by atoms with Crippen molar-refractivity contribution < 1.29 is 4.79 Å². The van der Waals surface area contributed by atoms with Gasteiger partial charge in [-0.15, -0.1) is 0 Å². The predicted octanol–water partition coefficient (Wildman–Crippen LogP) is 3.00. The van der Waals surface area contributed by atoms with Crippen LogP contribution in [-0.2, 0) is 11.3 Å². The molecule has 1 aliphatic rings. The molecule has 146 valence electrons. The van der Waals surface area contributed by atoms with Gasteiger partial charge >= 0.3 is 0 Å². The largest absolute Gasteiger partial charge is 0.341 e. The maximum atomic E-state index is 13.1. The van der Waals surface area contributed by atoms with Gasteiger partial charge in [-0.3, -0.25) is 9.59 Å². The molecule has 0 aliphatic carbocycles. The van der Waals surface area contributed by atoms with Crippen molar-refractivity contribution in [3.63, 3.8) is 0 Å². The van der Waals surface area contributed by atoms with Crippen molar-refractivity contribution in [1.29, 1.82) is 0 Å². The molecule has 5 nitrogen and oxygen atoms in total. The highest BCUT2D eigenvalue weighted by atomic mass is 16.2. The first-order chi connectivity index (χ1) is 13.7. The molecule has 1 saturated heterocycles. The summed E-state index contributed by atoms with van der Waals surface area (Å²) in [6.45, 7) is 2.95. The summed E-state index contributed by atoms with van der Waals surface area (Å²) < 4.78 is 2.00. The van der Waals surface area contributed by atoms with Crippen molar-refractivity contribution in [2.24, 2.45) is 5.92 Å². The van der Waals surface area contributed by atoms with E-state index in [1.165, 1.54) is 6.42 Å². The van der Waals surface area contributed by atoms with E-state index in [2.05, 4.69) is 5.32 Å². The Morgan fingerprint density at radius 2 is 1.57 bits per heavy atom. The van der Waals surface area contributed by atoms with Crippen LogP contribution < -0.4 is 10.7 Å². The second-order valence-corrected chi connectivity index (χ2v) is 7.67. The highest BCUT2D eigenvalue weighted by Crippen LogP contribution is 2.22. The molecule has 1 amide bonds. The Balaban J connectivity index is 1.62. The fraction of sp³-hybridized carbons (Fsp3) is 0.391. The minimum absolute atomic E-state index is 0.0280. The number of fused-ring (bicyclic) bond motifs is 2. The molecule has 0 spiro atoms. The summed E-state index contributed by atoms with van der Waals surface area (Å²) in [5.41, 5.74) is 1.67. The van der Waals surface area contributed by atoms with Crippen LogP contribution in [-0.4, -0.2) is 42.1 Å². The average Bonchev–Trinajstić information content (AvgIpc) is 2.75. The van der Waals surface area contributed by atoms with Gasteiger partial charge in [0.05, 0.1) is 11.0 Å². The first-order valence-electron chi connectivity index (χ1n) is 10.1. The number of para-hydroxylation sites is 2. The molecule has 0 radical (unpaired) electrons. The zero-order valence-corrected chi connectivity index (χ0v) is 16.4. The number of hydrogen-bond donors (Lipinski definition) is 1. The van der Waals surface area contributed by atoms with Gasteiger partial charge in [0, 0.05) is 23.9 Å². The molecule has 1 aromatic heterocycles. The minimum atomic E-state index is 0.0280. The van der Waals surface area contributed by atoms with E-state index in [0.717, 1.165) is 43.5 Å². The van der Waals surface area contributed by atoms with Crippen molar-refractivity contribution in [3.8, 4) is 0 Å². The summed E-state index contributed by atoms with van der Waals surface area (Å²) >= 11 is 0. The predicted molar refractivity (Wildman–Crippen MR) is 114 cm³/mol. The Kier molecular flexibility index (Phi) is 5.44. The number of piperidine rings is 1. The van der Waals surface area contributed by atoms with Gasteiger partial charge in [-0.05, 0) is 63.0 Å². The van der Waals surface area contributed by atoms with Crippen LogP contribution in [0, 0.1) is 5.92 Å². The Hall–Kier alpha value is -2.66. The molecule has 2 aromatic carbocycles. The van der Waals surface area contributed by atoms with Crippen LogP contribution in [0.4, 0.5) is 0 Å². The van der Waals surface area contributed by atoms with Gasteiger partial charge in [0.15, 0.2) is 5.43 Å². The number of pyridine rings is 1. The SMILES string of the molecule is CNCCC1CCN(C(=O)Cn2c3ccccc3c(=O)c3ccccc32)CC1. The van der Waals surface area contributed by atoms with Crippen LogP contribution in [0.25, 0.3) is 21.8 Å². The molecular formula is C23H27N3O2. The number of rotatable bonds is 5. The lowest BCUT2D eigenvalue weighted by molar-refractivity contribution is -0.133. The van der Waals surface area contributed by atoms with E-state index >= 15 is 0 Å². The molecular weight excluding hydrogens is 350 g/mol. The molecule has 0 saturated carbocycles. The number of hydrogen-bond acceptors (Lipinski definition) is 3. The number of carbonyl (C=O) groups is 1. The van der Waals surface area contributed by atoms with Gasteiger partial charge < -0.3 is 14.8 Å². The lowest BCUT2D eigenvalue weighted by atomic mass is 9.93. The first kappa shape index (κ1) is 18.7. The topological polar surface area (TPSA) is 54.3 Å². The van der Waals surface area contributed by atoms with Crippen molar-refractivity contribution >= 4 is 27.7 Å². The highest BCUT2D eigenvalue weighted by molar-refractivity contribution is 5.94. The standard InChI is InChI=1S/C23H27N3O2/c1-24-13-10-17-11-14-25(15-12-17)22(27)16-26-20-8-4-2-6-18(20)23(28)19-7-3-5-9-21(19)26/h2-9,17,24H,10-16H2,1H3. The third-order valence-electron chi connectivity index (χ3n) is 5.94. The van der Waals surface area contributed by atoms with Gasteiger partial charge in [-0.1, -0.05) is 24.3 Å². The number of nitrogens with one attached hydrogen (secondary N) is 1. The van der Waals surface area contributed by atoms with E-state index in [4.69, 9.17) is 0 Å². The Morgan fingerprint density at radius 3 is 2.14 bits per heavy atom. The summed E-state index contributed by atoms with van der Waals surface area (Å²) in [7, 11) is 1.98. The average molecular weight is 377 g/mol. The first-order valence-corrected chi connectivity index (χ1v) is 10.1. The van der Waals surface area contributed by atoms with Crippen LogP contribution in [0.15, 0.2) is 53.3 Å². The fourth-order valence-corrected chi connectivity index (χ4v) is 4.30. The van der Waals surface area contributed by atoms with Gasteiger partial charge in [0.25, 0.3) is 0 Å². The summed E-state index contributed by atoms with van der Waals surface area (Å²) in [5, 5.41) is 4.54. The second kappa shape index (κ2) is 8.15. The van der Waals surface area contributed by atoms with Crippen molar-refractivity contribution in [1.82, 2.24) is 14.8 Å². The zero-order chi connectivity index (χ0) is 19.5. The fourth-order valence-electron chi connectivity index (χ4n) is 4.30. The third-order valence-corrected chi connectivity index (χ3v) is 5.94. The molecule has 3 aromatic rings. The van der Waals surface area contributed by atoms with Gasteiger partial charge in [0.2, 0.25) is 5.91 Å². The number of amides is 1. The number of benzene rings is 2. The normalized spacial score (nSPS) is 15.4. The number of carbonyl (C=O) groups excluding carboxylic acids is 1.